The van der Waals surface area contributed by atoms with Gasteiger partial charge in [-0.25, -0.2) is 14.8 Å². The molecule has 3 rings (SSSR count). The van der Waals surface area contributed by atoms with Crippen LogP contribution in [-0.4, -0.2) is 69.2 Å². The molecule has 0 fully saturated rings. The third-order valence-electron chi connectivity index (χ3n) is 4.67. The van der Waals surface area contributed by atoms with Gasteiger partial charge in [-0.15, -0.1) is 0 Å². The minimum Gasteiger partial charge on any atom is -0.497 e. The maximum Gasteiger partial charge on any atom is 0.357 e. The van der Waals surface area contributed by atoms with Crippen LogP contribution in [0, 0.1) is 0 Å². The molecule has 8 nitrogen and oxygen atoms in total. The van der Waals surface area contributed by atoms with Crippen LogP contribution in [0.1, 0.15) is 16.1 Å². The lowest BCUT2D eigenvalue weighted by Crippen LogP contribution is -2.12. The van der Waals surface area contributed by atoms with Gasteiger partial charge in [0.2, 0.25) is 0 Å². The van der Waals surface area contributed by atoms with Crippen molar-refractivity contribution in [2.45, 2.75) is 6.54 Å². The molecule has 0 unspecified atom stereocenters. The van der Waals surface area contributed by atoms with Gasteiger partial charge in [0, 0.05) is 40.9 Å². The van der Waals surface area contributed by atoms with E-state index in [4.69, 9.17) is 9.47 Å². The average Bonchev–Trinajstić information content (AvgIpc) is 3.05. The summed E-state index contributed by atoms with van der Waals surface area (Å²) in [5.74, 6) is 0.311. The second-order valence-electron chi connectivity index (χ2n) is 7.25. The van der Waals surface area contributed by atoms with Crippen molar-refractivity contribution in [2.75, 3.05) is 47.3 Å². The summed E-state index contributed by atoms with van der Waals surface area (Å²) in [6.45, 7) is 0.437. The maximum absolute atomic E-state index is 12.8. The molecule has 0 N–H and O–H groups in total. The number of nitrogens with zero attached hydrogens (tertiary/aromatic N) is 5. The Morgan fingerprint density at radius 2 is 1.83 bits per heavy atom. The molecular formula is C22H27N5O3. The number of rotatable bonds is 7. The first-order valence-electron chi connectivity index (χ1n) is 9.47. The number of hydrogen-bond donors (Lipinski definition) is 0. The van der Waals surface area contributed by atoms with E-state index in [-0.39, 0.29) is 0 Å². The van der Waals surface area contributed by atoms with Crippen molar-refractivity contribution < 1.29 is 14.3 Å². The Hall–Kier alpha value is -3.55. The summed E-state index contributed by atoms with van der Waals surface area (Å²) in [4.78, 5) is 25.9. The van der Waals surface area contributed by atoms with Crippen LogP contribution in [0.5, 0.6) is 5.75 Å². The first-order chi connectivity index (χ1) is 14.4. The number of fused-ring (bicyclic) bond motifs is 1. The standard InChI is InChI=1S/C22H27N5O3/c1-25(2)14-24-19-18-17(26(3)4)11-12-23-21(18)27(20(19)22(28)30-6)13-15-7-9-16(29-5)10-8-15/h7-12,14H,13H2,1-6H3. The highest BCUT2D eigenvalue weighted by atomic mass is 16.5. The van der Waals surface area contributed by atoms with E-state index >= 15 is 0 Å². The van der Waals surface area contributed by atoms with Gasteiger partial charge in [0.05, 0.1) is 31.6 Å². The number of hydrogen-bond acceptors (Lipinski definition) is 6. The van der Waals surface area contributed by atoms with Crippen LogP contribution in [0.15, 0.2) is 41.5 Å². The summed E-state index contributed by atoms with van der Waals surface area (Å²) in [7, 11) is 10.7. The van der Waals surface area contributed by atoms with E-state index in [9.17, 15) is 4.79 Å². The average molecular weight is 409 g/mol. The number of methoxy groups -OCH3 is 2. The minimum absolute atomic E-state index is 0.364. The fourth-order valence-corrected chi connectivity index (χ4v) is 3.27. The van der Waals surface area contributed by atoms with Crippen LogP contribution < -0.4 is 9.64 Å². The lowest BCUT2D eigenvalue weighted by atomic mass is 10.2. The second-order valence-corrected chi connectivity index (χ2v) is 7.25. The Morgan fingerprint density at radius 1 is 1.13 bits per heavy atom. The molecule has 0 saturated carbocycles. The van der Waals surface area contributed by atoms with E-state index in [1.54, 1.807) is 19.6 Å². The number of aromatic nitrogens is 2. The number of carbonyl (C=O) groups excluding carboxylic acids is 1. The normalized spacial score (nSPS) is 11.1. The van der Waals surface area contributed by atoms with Gasteiger partial charge in [0.25, 0.3) is 0 Å². The van der Waals surface area contributed by atoms with Crippen molar-refractivity contribution >= 4 is 34.7 Å². The van der Waals surface area contributed by atoms with Crippen LogP contribution in [0.3, 0.4) is 0 Å². The van der Waals surface area contributed by atoms with E-state index in [1.165, 1.54) is 7.11 Å². The first-order valence-corrected chi connectivity index (χ1v) is 9.47. The number of benzene rings is 1. The van der Waals surface area contributed by atoms with Crippen molar-refractivity contribution in [3.05, 3.63) is 47.8 Å². The lowest BCUT2D eigenvalue weighted by molar-refractivity contribution is 0.0590. The number of ether oxygens (including phenoxy) is 2. The van der Waals surface area contributed by atoms with E-state index < -0.39 is 5.97 Å². The molecule has 2 aromatic heterocycles. The largest absolute Gasteiger partial charge is 0.497 e. The maximum atomic E-state index is 12.8. The van der Waals surface area contributed by atoms with Gasteiger partial charge < -0.3 is 23.8 Å². The molecule has 3 aromatic rings. The number of carbonyl (C=O) groups is 1. The molecule has 0 saturated heterocycles. The van der Waals surface area contributed by atoms with Gasteiger partial charge in [-0.1, -0.05) is 12.1 Å². The minimum atomic E-state index is -0.461. The van der Waals surface area contributed by atoms with Gasteiger partial charge in [-0.05, 0) is 23.8 Å². The topological polar surface area (TPSA) is 72.2 Å². The molecule has 0 atom stereocenters. The summed E-state index contributed by atoms with van der Waals surface area (Å²) in [6, 6.07) is 9.62. The smallest absolute Gasteiger partial charge is 0.357 e. The number of pyridine rings is 1. The monoisotopic (exact) mass is 409 g/mol. The summed E-state index contributed by atoms with van der Waals surface area (Å²) in [6.07, 6.45) is 3.41. The van der Waals surface area contributed by atoms with Crippen molar-refractivity contribution in [1.82, 2.24) is 14.5 Å². The van der Waals surface area contributed by atoms with E-state index in [0.29, 0.717) is 23.6 Å². The Labute approximate surface area is 176 Å². The molecule has 158 valence electrons. The van der Waals surface area contributed by atoms with Gasteiger partial charge in [0.15, 0.2) is 5.69 Å². The molecule has 30 heavy (non-hydrogen) atoms. The summed E-state index contributed by atoms with van der Waals surface area (Å²) < 4.78 is 12.2. The van der Waals surface area contributed by atoms with Crippen LogP contribution >= 0.6 is 0 Å². The summed E-state index contributed by atoms with van der Waals surface area (Å²) >= 11 is 0. The van der Waals surface area contributed by atoms with Gasteiger partial charge in [-0.2, -0.15) is 0 Å². The molecule has 2 heterocycles. The Morgan fingerprint density at radius 3 is 2.40 bits per heavy atom. The third kappa shape index (κ3) is 4.07. The van der Waals surface area contributed by atoms with Crippen LogP contribution in [0.2, 0.25) is 0 Å². The zero-order valence-corrected chi connectivity index (χ0v) is 18.2. The van der Waals surface area contributed by atoms with Gasteiger partial charge >= 0.3 is 5.97 Å². The second kappa shape index (κ2) is 8.86. The highest BCUT2D eigenvalue weighted by Gasteiger charge is 2.26. The zero-order valence-electron chi connectivity index (χ0n) is 18.2. The molecule has 0 aliphatic rings. The fraction of sp³-hybridized carbons (Fsp3) is 0.318. The predicted molar refractivity (Wildman–Crippen MR) is 119 cm³/mol. The number of aliphatic imine (C=N–C) groups is 1. The SMILES string of the molecule is COC(=O)c1c(N=CN(C)C)c2c(N(C)C)ccnc2n1Cc1ccc(OC)cc1. The Bertz CT molecular complexity index is 1070. The van der Waals surface area contributed by atoms with Crippen LogP contribution in [-0.2, 0) is 11.3 Å². The van der Waals surface area contributed by atoms with E-state index in [2.05, 4.69) is 9.98 Å². The predicted octanol–water partition coefficient (Wildman–Crippen LogP) is 3.17. The molecule has 0 aliphatic carbocycles. The molecule has 0 spiro atoms. The molecule has 0 aliphatic heterocycles. The number of esters is 1. The zero-order chi connectivity index (χ0) is 21.8. The fourth-order valence-electron chi connectivity index (χ4n) is 3.27. The molecule has 0 bridgehead atoms. The highest BCUT2D eigenvalue weighted by molar-refractivity contribution is 6.10. The molecule has 1 aromatic carbocycles. The lowest BCUT2D eigenvalue weighted by Gasteiger charge is -2.14. The molecule has 0 radical (unpaired) electrons. The van der Waals surface area contributed by atoms with E-state index in [0.717, 1.165) is 22.4 Å². The molecule has 8 heteroatoms. The third-order valence-corrected chi connectivity index (χ3v) is 4.67. The van der Waals surface area contributed by atoms with Crippen LogP contribution in [0.4, 0.5) is 11.4 Å². The van der Waals surface area contributed by atoms with Crippen molar-refractivity contribution in [3.63, 3.8) is 0 Å². The Balaban J connectivity index is 2.30. The molecule has 0 amide bonds. The molecular weight excluding hydrogens is 382 g/mol. The van der Waals surface area contributed by atoms with E-state index in [1.807, 2.05) is 72.9 Å². The first kappa shape index (κ1) is 21.2. The summed E-state index contributed by atoms with van der Waals surface area (Å²) in [5.41, 5.74) is 3.49. The Kier molecular flexibility index (Phi) is 6.25. The summed E-state index contributed by atoms with van der Waals surface area (Å²) in [5, 5.41) is 0.800. The van der Waals surface area contributed by atoms with Crippen LogP contribution in [0.25, 0.3) is 11.0 Å². The van der Waals surface area contributed by atoms with Crippen molar-refractivity contribution in [2.24, 2.45) is 4.99 Å². The van der Waals surface area contributed by atoms with Crippen molar-refractivity contribution in [1.29, 1.82) is 0 Å². The number of anilines is 1. The quantitative estimate of drug-likeness (QED) is 0.339. The van der Waals surface area contributed by atoms with Gasteiger partial charge in [0.1, 0.15) is 17.1 Å². The van der Waals surface area contributed by atoms with Gasteiger partial charge in [-0.3, -0.25) is 0 Å². The highest BCUT2D eigenvalue weighted by Crippen LogP contribution is 2.39. The van der Waals surface area contributed by atoms with Crippen molar-refractivity contribution in [3.8, 4) is 5.75 Å².